The molecular formula is C14H9F6N3O2. The number of alkyl halides is 6. The first-order chi connectivity index (χ1) is 11.5. The van der Waals surface area contributed by atoms with E-state index < -0.39 is 35.0 Å². The molecular weight excluding hydrogens is 356 g/mol. The largest absolute Gasteiger partial charge is 0.478 e. The Kier molecular flexibility index (Phi) is 4.86. The van der Waals surface area contributed by atoms with Crippen LogP contribution in [0.1, 0.15) is 11.1 Å². The lowest BCUT2D eigenvalue weighted by Gasteiger charge is -2.13. The quantitative estimate of drug-likeness (QED) is 0.664. The molecule has 0 aliphatic rings. The van der Waals surface area contributed by atoms with Crippen molar-refractivity contribution in [3.8, 4) is 11.4 Å². The predicted molar refractivity (Wildman–Crippen MR) is 72.2 cm³/mol. The maximum atomic E-state index is 12.8. The summed E-state index contributed by atoms with van der Waals surface area (Å²) < 4.78 is 78.0. The molecule has 134 valence electrons. The molecule has 5 nitrogen and oxygen atoms in total. The molecule has 2 aromatic rings. The van der Waals surface area contributed by atoms with E-state index in [4.69, 9.17) is 5.11 Å². The molecule has 0 atom stereocenters. The van der Waals surface area contributed by atoms with Gasteiger partial charge in [-0.25, -0.2) is 14.5 Å². The molecule has 11 heteroatoms. The zero-order chi connectivity index (χ0) is 18.8. The number of allylic oxidation sites excluding steroid dienone is 1. The van der Waals surface area contributed by atoms with Gasteiger partial charge in [-0.05, 0) is 18.2 Å². The molecule has 0 saturated carbocycles. The summed E-state index contributed by atoms with van der Waals surface area (Å²) >= 11 is 0. The van der Waals surface area contributed by atoms with Gasteiger partial charge in [0.25, 0.3) is 0 Å². The van der Waals surface area contributed by atoms with Gasteiger partial charge in [0, 0.05) is 11.6 Å². The van der Waals surface area contributed by atoms with Crippen molar-refractivity contribution in [1.29, 1.82) is 0 Å². The highest BCUT2D eigenvalue weighted by molar-refractivity contribution is 5.79. The number of aliphatic carboxylic acids is 1. The molecule has 25 heavy (non-hydrogen) atoms. The molecule has 0 radical (unpaired) electrons. The van der Waals surface area contributed by atoms with Crippen molar-refractivity contribution in [3.63, 3.8) is 0 Å². The molecule has 1 aromatic carbocycles. The van der Waals surface area contributed by atoms with E-state index in [9.17, 15) is 31.1 Å². The van der Waals surface area contributed by atoms with Crippen LogP contribution in [0.25, 0.3) is 11.4 Å². The summed E-state index contributed by atoms with van der Waals surface area (Å²) in [5.41, 5.74) is -3.40. The van der Waals surface area contributed by atoms with Gasteiger partial charge in [0.1, 0.15) is 6.33 Å². The molecule has 0 amide bonds. The second-order valence-electron chi connectivity index (χ2n) is 4.83. The SMILES string of the molecule is O=C(O)/C=C\Cn1cnc(-c2cc(C(F)(F)F)cc(C(F)(F)F)c2)n1. The van der Waals surface area contributed by atoms with Gasteiger partial charge in [-0.1, -0.05) is 6.08 Å². The lowest BCUT2D eigenvalue weighted by Crippen LogP contribution is -2.11. The third-order valence-corrected chi connectivity index (χ3v) is 2.94. The first-order valence-electron chi connectivity index (χ1n) is 6.55. The van der Waals surface area contributed by atoms with Gasteiger partial charge < -0.3 is 5.11 Å². The van der Waals surface area contributed by atoms with E-state index in [1.807, 2.05) is 0 Å². The molecule has 1 N–H and O–H groups in total. The predicted octanol–water partition coefficient (Wildman–Crippen LogP) is 3.62. The minimum absolute atomic E-state index is 0.0100. The Morgan fingerprint density at radius 3 is 2.12 bits per heavy atom. The van der Waals surface area contributed by atoms with Crippen LogP contribution in [0.3, 0.4) is 0 Å². The Morgan fingerprint density at radius 1 is 1.08 bits per heavy atom. The van der Waals surface area contributed by atoms with E-state index in [1.54, 1.807) is 0 Å². The van der Waals surface area contributed by atoms with Crippen LogP contribution >= 0.6 is 0 Å². The second-order valence-corrected chi connectivity index (χ2v) is 4.83. The van der Waals surface area contributed by atoms with Crippen LogP contribution in [-0.2, 0) is 23.7 Å². The Hall–Kier alpha value is -2.85. The Labute approximate surface area is 136 Å². The number of benzene rings is 1. The van der Waals surface area contributed by atoms with Crippen LogP contribution in [0.15, 0.2) is 36.7 Å². The first-order valence-corrected chi connectivity index (χ1v) is 6.55. The third kappa shape index (κ3) is 4.81. The first kappa shape index (κ1) is 18.5. The average Bonchev–Trinajstić information content (AvgIpc) is 2.93. The van der Waals surface area contributed by atoms with Crippen molar-refractivity contribution in [1.82, 2.24) is 14.8 Å². The number of nitrogens with zero attached hydrogens (tertiary/aromatic N) is 3. The number of carboxylic acid groups (broad SMARTS) is 1. The molecule has 0 aliphatic carbocycles. The minimum atomic E-state index is -4.97. The fraction of sp³-hybridized carbons (Fsp3) is 0.214. The topological polar surface area (TPSA) is 68.0 Å². The van der Waals surface area contributed by atoms with Crippen molar-refractivity contribution in [2.24, 2.45) is 0 Å². The fourth-order valence-electron chi connectivity index (χ4n) is 1.86. The molecule has 1 heterocycles. The van der Waals surface area contributed by atoms with Crippen LogP contribution in [-0.4, -0.2) is 25.8 Å². The fourth-order valence-corrected chi connectivity index (χ4v) is 1.86. The third-order valence-electron chi connectivity index (χ3n) is 2.94. The van der Waals surface area contributed by atoms with E-state index in [0.717, 1.165) is 17.1 Å². The summed E-state index contributed by atoms with van der Waals surface area (Å²) in [4.78, 5) is 14.0. The molecule has 0 unspecified atom stereocenters. The van der Waals surface area contributed by atoms with Crippen LogP contribution in [0.2, 0.25) is 0 Å². The zero-order valence-electron chi connectivity index (χ0n) is 12.1. The van der Waals surface area contributed by atoms with Crippen LogP contribution in [0, 0.1) is 0 Å². The summed E-state index contributed by atoms with van der Waals surface area (Å²) in [6.45, 7) is -0.0651. The van der Waals surface area contributed by atoms with Crippen LogP contribution in [0.4, 0.5) is 26.3 Å². The summed E-state index contributed by atoms with van der Waals surface area (Å²) in [5.74, 6) is -1.56. The number of hydrogen-bond donors (Lipinski definition) is 1. The maximum Gasteiger partial charge on any atom is 0.416 e. The number of rotatable bonds is 4. The van der Waals surface area contributed by atoms with Gasteiger partial charge >= 0.3 is 18.3 Å². The van der Waals surface area contributed by atoms with Crippen molar-refractivity contribution in [2.45, 2.75) is 18.9 Å². The van der Waals surface area contributed by atoms with E-state index in [1.165, 1.54) is 6.08 Å². The monoisotopic (exact) mass is 365 g/mol. The zero-order valence-corrected chi connectivity index (χ0v) is 12.1. The molecule has 2 rings (SSSR count). The van der Waals surface area contributed by atoms with Crippen LogP contribution < -0.4 is 0 Å². The van der Waals surface area contributed by atoms with Gasteiger partial charge in [-0.2, -0.15) is 31.4 Å². The second kappa shape index (κ2) is 6.57. The summed E-state index contributed by atoms with van der Waals surface area (Å²) in [7, 11) is 0. The van der Waals surface area contributed by atoms with Crippen molar-refractivity contribution < 1.29 is 36.2 Å². The smallest absolute Gasteiger partial charge is 0.416 e. The van der Waals surface area contributed by atoms with Crippen molar-refractivity contribution >= 4 is 5.97 Å². The highest BCUT2D eigenvalue weighted by Gasteiger charge is 2.37. The minimum Gasteiger partial charge on any atom is -0.478 e. The molecule has 0 aliphatic heterocycles. The normalized spacial score (nSPS) is 12.7. The number of carboxylic acids is 1. The van der Waals surface area contributed by atoms with E-state index in [-0.39, 0.29) is 18.4 Å². The van der Waals surface area contributed by atoms with Gasteiger partial charge in [0.05, 0.1) is 17.7 Å². The molecule has 0 saturated heterocycles. The highest BCUT2D eigenvalue weighted by Crippen LogP contribution is 2.37. The summed E-state index contributed by atoms with van der Waals surface area (Å²) in [6, 6.07) is 1.04. The van der Waals surface area contributed by atoms with Gasteiger partial charge in [0.15, 0.2) is 5.82 Å². The number of carbonyl (C=O) groups is 1. The number of halogens is 6. The number of aromatic nitrogens is 3. The standard InChI is InChI=1S/C14H9F6N3O2/c15-13(16,17)9-4-8(5-10(6-9)14(18,19)20)12-21-7-23(22-12)3-1-2-11(24)25/h1-2,4-7H,3H2,(H,24,25)/b2-1-. The van der Waals surface area contributed by atoms with E-state index in [0.29, 0.717) is 12.1 Å². The Morgan fingerprint density at radius 2 is 1.64 bits per heavy atom. The Bertz CT molecular complexity index is 775. The molecule has 0 bridgehead atoms. The van der Waals surface area contributed by atoms with E-state index in [2.05, 4.69) is 10.1 Å². The lowest BCUT2D eigenvalue weighted by atomic mass is 10.0. The van der Waals surface area contributed by atoms with Gasteiger partial charge in [-0.15, -0.1) is 0 Å². The average molecular weight is 365 g/mol. The van der Waals surface area contributed by atoms with Crippen LogP contribution in [0.5, 0.6) is 0 Å². The highest BCUT2D eigenvalue weighted by atomic mass is 19.4. The van der Waals surface area contributed by atoms with Gasteiger partial charge in [-0.3, -0.25) is 0 Å². The summed E-state index contributed by atoms with van der Waals surface area (Å²) in [6.07, 6.45) is -6.87. The molecule has 1 aromatic heterocycles. The van der Waals surface area contributed by atoms with E-state index >= 15 is 0 Å². The van der Waals surface area contributed by atoms with Gasteiger partial charge in [0.2, 0.25) is 0 Å². The molecule has 0 fully saturated rings. The number of hydrogen-bond acceptors (Lipinski definition) is 3. The Balaban J connectivity index is 2.41. The maximum absolute atomic E-state index is 12.8. The molecule has 0 spiro atoms. The lowest BCUT2D eigenvalue weighted by molar-refractivity contribution is -0.143. The van der Waals surface area contributed by atoms with Crippen molar-refractivity contribution in [3.05, 3.63) is 47.8 Å². The van der Waals surface area contributed by atoms with Crippen molar-refractivity contribution in [2.75, 3.05) is 0 Å². The summed E-state index contributed by atoms with van der Waals surface area (Å²) in [5, 5.41) is 12.2.